The second-order valence-corrected chi connectivity index (χ2v) is 8.78. The van der Waals surface area contributed by atoms with E-state index in [-0.39, 0.29) is 6.61 Å². The number of carbonyl (C=O) groups is 4. The quantitative estimate of drug-likeness (QED) is 0.331. The normalized spacial score (nSPS) is 26.8. The number of alkyl halides is 4. The van der Waals surface area contributed by atoms with Crippen LogP contribution in [0.3, 0.4) is 0 Å². The highest BCUT2D eigenvalue weighted by Gasteiger charge is 2.50. The SMILES string of the molecule is CC(=O)OC[C@H]1O[C@H](Cl)[C@H](NC(=O)OCC(Cl)(Cl)Cl)[C@@H](OC(C)=O)[C@@H]1OC(C)=O. The number of nitrogens with one attached hydrogen (secondary N) is 1. The van der Waals surface area contributed by atoms with Crippen molar-refractivity contribution in [3.05, 3.63) is 0 Å². The van der Waals surface area contributed by atoms with Crippen LogP contribution in [0.5, 0.6) is 0 Å². The van der Waals surface area contributed by atoms with Crippen LogP contribution in [0, 0.1) is 0 Å². The van der Waals surface area contributed by atoms with E-state index in [2.05, 4.69) is 5.32 Å². The van der Waals surface area contributed by atoms with E-state index in [1.165, 1.54) is 0 Å². The molecule has 0 aromatic carbocycles. The molecule has 0 bridgehead atoms. The second kappa shape index (κ2) is 11.3. The molecule has 0 spiro atoms. The van der Waals surface area contributed by atoms with Gasteiger partial charge >= 0.3 is 24.0 Å². The van der Waals surface area contributed by atoms with Crippen LogP contribution in [0.4, 0.5) is 4.79 Å². The summed E-state index contributed by atoms with van der Waals surface area (Å²) in [5.74, 6) is -2.12. The number of hydrogen-bond acceptors (Lipinski definition) is 9. The monoisotopic (exact) mass is 497 g/mol. The number of esters is 3. The van der Waals surface area contributed by atoms with Crippen molar-refractivity contribution in [3.63, 3.8) is 0 Å². The lowest BCUT2D eigenvalue weighted by Crippen LogP contribution is -2.65. The minimum Gasteiger partial charge on any atom is -0.463 e. The highest BCUT2D eigenvalue weighted by atomic mass is 35.6. The lowest BCUT2D eigenvalue weighted by Gasteiger charge is -2.43. The molecule has 5 atom stereocenters. The fourth-order valence-corrected chi connectivity index (χ4v) is 2.87. The van der Waals surface area contributed by atoms with Gasteiger partial charge < -0.3 is 29.0 Å². The number of rotatable bonds is 6. The number of carbonyl (C=O) groups excluding carboxylic acids is 4. The van der Waals surface area contributed by atoms with Gasteiger partial charge in [0.25, 0.3) is 0 Å². The third kappa shape index (κ3) is 9.43. The summed E-state index contributed by atoms with van der Waals surface area (Å²) in [6.07, 6.45) is -4.70. The molecule has 0 saturated carbocycles. The van der Waals surface area contributed by atoms with Gasteiger partial charge in [-0.05, 0) is 0 Å². The molecule has 0 aliphatic carbocycles. The molecule has 1 aliphatic heterocycles. The Morgan fingerprint density at radius 1 is 0.931 bits per heavy atom. The number of hydrogen-bond donors (Lipinski definition) is 1. The summed E-state index contributed by atoms with van der Waals surface area (Å²) >= 11 is 22.7. The second-order valence-electron chi connectivity index (χ2n) is 5.84. The first-order chi connectivity index (χ1) is 13.3. The number of alkyl carbamates (subject to hydrolysis) is 1. The van der Waals surface area contributed by atoms with Crippen molar-refractivity contribution in [1.29, 1.82) is 0 Å². The molecule has 1 amide bonds. The van der Waals surface area contributed by atoms with Crippen LogP contribution < -0.4 is 5.32 Å². The van der Waals surface area contributed by atoms with Crippen molar-refractivity contribution in [3.8, 4) is 0 Å². The first kappa shape index (κ1) is 25.8. The van der Waals surface area contributed by atoms with Gasteiger partial charge in [-0.25, -0.2) is 4.79 Å². The van der Waals surface area contributed by atoms with Crippen LogP contribution >= 0.6 is 46.4 Å². The van der Waals surface area contributed by atoms with E-state index in [0.717, 1.165) is 20.8 Å². The van der Waals surface area contributed by atoms with Crippen LogP contribution in [0.15, 0.2) is 0 Å². The summed E-state index contributed by atoms with van der Waals surface area (Å²) in [6.45, 7) is 2.45. The highest BCUT2D eigenvalue weighted by Crippen LogP contribution is 2.29. The van der Waals surface area contributed by atoms with E-state index in [1.54, 1.807) is 0 Å². The Morgan fingerprint density at radius 3 is 1.97 bits per heavy atom. The molecule has 1 fully saturated rings. The van der Waals surface area contributed by atoms with Crippen LogP contribution in [-0.4, -0.2) is 70.9 Å². The maximum Gasteiger partial charge on any atom is 0.407 e. The molecular formula is C15H19Cl4NO9. The van der Waals surface area contributed by atoms with Gasteiger partial charge in [0.2, 0.25) is 3.79 Å². The molecule has 1 aliphatic rings. The van der Waals surface area contributed by atoms with Crippen molar-refractivity contribution in [2.45, 2.75) is 54.5 Å². The maximum atomic E-state index is 12.0. The van der Waals surface area contributed by atoms with Gasteiger partial charge in [-0.3, -0.25) is 14.4 Å². The first-order valence-corrected chi connectivity index (χ1v) is 9.64. The molecule has 1 heterocycles. The zero-order valence-corrected chi connectivity index (χ0v) is 18.5. The Morgan fingerprint density at radius 2 is 1.48 bits per heavy atom. The minimum atomic E-state index is -1.86. The zero-order valence-electron chi connectivity index (χ0n) is 15.5. The molecule has 0 aromatic heterocycles. The van der Waals surface area contributed by atoms with Crippen molar-refractivity contribution < 1.29 is 42.9 Å². The first-order valence-electron chi connectivity index (χ1n) is 8.07. The molecule has 0 radical (unpaired) electrons. The Labute approximate surface area is 186 Å². The highest BCUT2D eigenvalue weighted by molar-refractivity contribution is 6.67. The molecule has 1 rings (SSSR count). The summed E-state index contributed by atoms with van der Waals surface area (Å²) in [5, 5.41) is 2.32. The minimum absolute atomic E-state index is 0.349. The third-order valence-corrected chi connectivity index (χ3v) is 4.04. The average molecular weight is 499 g/mol. The molecular weight excluding hydrogens is 480 g/mol. The number of amides is 1. The fraction of sp³-hybridized carbons (Fsp3) is 0.733. The predicted octanol–water partition coefficient (Wildman–Crippen LogP) is 1.84. The van der Waals surface area contributed by atoms with E-state index in [9.17, 15) is 19.2 Å². The Kier molecular flexibility index (Phi) is 10.0. The van der Waals surface area contributed by atoms with Gasteiger partial charge in [0.1, 0.15) is 25.4 Å². The van der Waals surface area contributed by atoms with Crippen molar-refractivity contribution >= 4 is 70.4 Å². The fourth-order valence-electron chi connectivity index (χ4n) is 2.37. The van der Waals surface area contributed by atoms with E-state index in [0.29, 0.717) is 0 Å². The van der Waals surface area contributed by atoms with Crippen molar-refractivity contribution in [1.82, 2.24) is 5.32 Å². The summed E-state index contributed by atoms with van der Waals surface area (Å²) < 4.78 is 23.6. The molecule has 1 saturated heterocycles. The topological polar surface area (TPSA) is 126 Å². The lowest BCUT2D eigenvalue weighted by atomic mass is 9.97. The average Bonchev–Trinajstić information content (AvgIpc) is 2.55. The van der Waals surface area contributed by atoms with Gasteiger partial charge in [-0.1, -0.05) is 46.4 Å². The third-order valence-electron chi connectivity index (χ3n) is 3.34. The van der Waals surface area contributed by atoms with E-state index in [4.69, 9.17) is 70.1 Å². The summed E-state index contributed by atoms with van der Waals surface area (Å²) in [5.41, 5.74) is -1.29. The van der Waals surface area contributed by atoms with E-state index in [1.807, 2.05) is 0 Å². The largest absolute Gasteiger partial charge is 0.463 e. The molecule has 0 unspecified atom stereocenters. The maximum absolute atomic E-state index is 12.0. The van der Waals surface area contributed by atoms with Crippen LogP contribution in [0.1, 0.15) is 20.8 Å². The molecule has 0 aromatic rings. The van der Waals surface area contributed by atoms with E-state index < -0.39 is 64.3 Å². The number of halogens is 4. The lowest BCUT2D eigenvalue weighted by molar-refractivity contribution is -0.212. The summed E-state index contributed by atoms with van der Waals surface area (Å²) in [7, 11) is 0. The molecule has 166 valence electrons. The van der Waals surface area contributed by atoms with Crippen molar-refractivity contribution in [2.24, 2.45) is 0 Å². The Hall–Kier alpha value is -1.20. The molecule has 29 heavy (non-hydrogen) atoms. The molecule has 10 nitrogen and oxygen atoms in total. The zero-order chi connectivity index (χ0) is 22.4. The molecule has 14 heteroatoms. The number of ether oxygens (including phenoxy) is 5. The van der Waals surface area contributed by atoms with E-state index >= 15 is 0 Å². The Balaban J connectivity index is 3.06. The van der Waals surface area contributed by atoms with Crippen LogP contribution in [-0.2, 0) is 38.1 Å². The van der Waals surface area contributed by atoms with Gasteiger partial charge in [-0.2, -0.15) is 0 Å². The van der Waals surface area contributed by atoms with Crippen LogP contribution in [0.2, 0.25) is 0 Å². The molecule has 1 N–H and O–H groups in total. The summed E-state index contributed by atoms with van der Waals surface area (Å²) in [4.78, 5) is 46.2. The van der Waals surface area contributed by atoms with Gasteiger partial charge in [0.15, 0.2) is 17.8 Å². The van der Waals surface area contributed by atoms with Crippen molar-refractivity contribution in [2.75, 3.05) is 13.2 Å². The predicted molar refractivity (Wildman–Crippen MR) is 101 cm³/mol. The van der Waals surface area contributed by atoms with Gasteiger partial charge in [0, 0.05) is 20.8 Å². The smallest absolute Gasteiger partial charge is 0.407 e. The van der Waals surface area contributed by atoms with Gasteiger partial charge in [0.05, 0.1) is 0 Å². The van der Waals surface area contributed by atoms with Gasteiger partial charge in [-0.15, -0.1) is 0 Å². The van der Waals surface area contributed by atoms with Crippen LogP contribution in [0.25, 0.3) is 0 Å². The Bertz CT molecular complexity index is 627. The standard InChI is InChI=1S/C15H19Cl4NO9/c1-6(21)25-4-9-11(27-7(2)22)12(28-8(3)23)10(13(16)29-9)20-14(24)26-5-15(17,18)19/h9-13H,4-5H2,1-3H3,(H,20,24)/t9-,10-,11-,12-,13+/m1/s1. The summed E-state index contributed by atoms with van der Waals surface area (Å²) in [6, 6.07) is -1.22.